The third-order valence-electron chi connectivity index (χ3n) is 5.68. The first kappa shape index (κ1) is 28.8. The standard InChI is InChI=1S/C26H35N5O6Si/c1-35-25-19(9-8-13-27-25)22-17-31(18-36-15-16-38(2,3)4)24(28-22)21(29-26(33)34)10-6-5-7-11-23(32)20-12-14-37-30-20/h5-6,8-9,12-14,17,21,29H,7,10-11,15-16,18H2,1-4H3,(H,33,34). The number of carboxylic acid groups (broad SMARTS) is 1. The van der Waals surface area contributed by atoms with E-state index in [-0.39, 0.29) is 18.9 Å². The first-order chi connectivity index (χ1) is 18.2. The lowest BCUT2D eigenvalue weighted by Crippen LogP contribution is -2.29. The first-order valence-electron chi connectivity index (χ1n) is 12.4. The second-order valence-electron chi connectivity index (χ2n) is 9.92. The number of carbonyl (C=O) groups excluding carboxylic acids is 1. The Balaban J connectivity index is 1.79. The zero-order valence-corrected chi connectivity index (χ0v) is 23.2. The normalized spacial score (nSPS) is 12.5. The molecule has 0 aliphatic heterocycles. The number of pyridine rings is 1. The number of aromatic nitrogens is 4. The topological polar surface area (TPSA) is 142 Å². The van der Waals surface area contributed by atoms with Crippen LogP contribution in [-0.4, -0.2) is 58.5 Å². The number of nitrogens with one attached hydrogen (secondary N) is 1. The Morgan fingerprint density at radius 2 is 2.08 bits per heavy atom. The molecule has 1 amide bonds. The van der Waals surface area contributed by atoms with Gasteiger partial charge in [0.2, 0.25) is 5.88 Å². The highest BCUT2D eigenvalue weighted by molar-refractivity contribution is 6.76. The van der Waals surface area contributed by atoms with Gasteiger partial charge in [0.05, 0.1) is 24.4 Å². The minimum absolute atomic E-state index is 0.121. The van der Waals surface area contributed by atoms with Gasteiger partial charge in [-0.05, 0) is 31.0 Å². The van der Waals surface area contributed by atoms with E-state index in [0.29, 0.717) is 48.1 Å². The number of amides is 1. The van der Waals surface area contributed by atoms with Crippen molar-refractivity contribution in [2.24, 2.45) is 0 Å². The fourth-order valence-electron chi connectivity index (χ4n) is 3.66. The van der Waals surface area contributed by atoms with E-state index in [1.54, 1.807) is 12.3 Å². The highest BCUT2D eigenvalue weighted by Crippen LogP contribution is 2.29. The number of allylic oxidation sites excluding steroid dienone is 1. The molecule has 11 nitrogen and oxygen atoms in total. The molecule has 2 N–H and O–H groups in total. The largest absolute Gasteiger partial charge is 0.481 e. The molecule has 12 heteroatoms. The number of ketones is 1. The highest BCUT2D eigenvalue weighted by Gasteiger charge is 2.22. The predicted octanol–water partition coefficient (Wildman–Crippen LogP) is 5.17. The van der Waals surface area contributed by atoms with Gasteiger partial charge in [-0.25, -0.2) is 14.8 Å². The number of imidazole rings is 1. The zero-order valence-electron chi connectivity index (χ0n) is 22.2. The number of carbonyl (C=O) groups is 2. The van der Waals surface area contributed by atoms with Crippen molar-refractivity contribution in [1.29, 1.82) is 0 Å². The maximum Gasteiger partial charge on any atom is 0.405 e. The fraction of sp³-hybridized carbons (Fsp3) is 0.423. The number of hydrogen-bond acceptors (Lipinski definition) is 8. The Morgan fingerprint density at radius 1 is 1.26 bits per heavy atom. The molecule has 0 bridgehead atoms. The van der Waals surface area contributed by atoms with Gasteiger partial charge in [0, 0.05) is 39.6 Å². The fourth-order valence-corrected chi connectivity index (χ4v) is 4.41. The number of methoxy groups -OCH3 is 1. The summed E-state index contributed by atoms with van der Waals surface area (Å²) in [5, 5.41) is 15.8. The Kier molecular flexibility index (Phi) is 10.4. The van der Waals surface area contributed by atoms with Crippen LogP contribution in [0.25, 0.3) is 11.3 Å². The summed E-state index contributed by atoms with van der Waals surface area (Å²) in [7, 11) is 0.267. The van der Waals surface area contributed by atoms with E-state index >= 15 is 0 Å². The lowest BCUT2D eigenvalue weighted by molar-refractivity contribution is 0.0837. The van der Waals surface area contributed by atoms with Crippen LogP contribution in [0.15, 0.2) is 53.5 Å². The monoisotopic (exact) mass is 541 g/mol. The van der Waals surface area contributed by atoms with Crippen LogP contribution in [0.4, 0.5) is 4.79 Å². The smallest absolute Gasteiger partial charge is 0.405 e. The molecule has 0 aromatic carbocycles. The van der Waals surface area contributed by atoms with Gasteiger partial charge >= 0.3 is 6.09 Å². The van der Waals surface area contributed by atoms with E-state index in [1.165, 1.54) is 19.4 Å². The van der Waals surface area contributed by atoms with E-state index in [4.69, 9.17) is 19.0 Å². The van der Waals surface area contributed by atoms with E-state index < -0.39 is 20.2 Å². The molecule has 0 spiro atoms. The quantitative estimate of drug-likeness (QED) is 0.115. The van der Waals surface area contributed by atoms with Crippen molar-refractivity contribution >= 4 is 20.0 Å². The summed E-state index contributed by atoms with van der Waals surface area (Å²) in [6.07, 6.45) is 8.41. The summed E-state index contributed by atoms with van der Waals surface area (Å²) in [6, 6.07) is 5.52. The minimum atomic E-state index is -1.27. The number of Topliss-reactive ketones (excluding diaryl/α,β-unsaturated/α-hetero) is 1. The molecule has 0 saturated carbocycles. The third-order valence-corrected chi connectivity index (χ3v) is 7.39. The van der Waals surface area contributed by atoms with Gasteiger partial charge in [0.15, 0.2) is 5.78 Å². The summed E-state index contributed by atoms with van der Waals surface area (Å²) in [5.41, 5.74) is 1.57. The molecule has 3 aromatic rings. The second kappa shape index (κ2) is 13.7. The highest BCUT2D eigenvalue weighted by atomic mass is 28.3. The Morgan fingerprint density at radius 3 is 2.76 bits per heavy atom. The van der Waals surface area contributed by atoms with Gasteiger partial charge in [-0.2, -0.15) is 0 Å². The number of hydrogen-bond donors (Lipinski definition) is 2. The maximum atomic E-state index is 12.1. The van der Waals surface area contributed by atoms with Crippen molar-refractivity contribution in [1.82, 2.24) is 25.0 Å². The maximum absolute atomic E-state index is 12.1. The van der Waals surface area contributed by atoms with Crippen molar-refractivity contribution in [3.8, 4) is 17.1 Å². The molecule has 1 atom stereocenters. The molecule has 3 aromatic heterocycles. The van der Waals surface area contributed by atoms with Crippen molar-refractivity contribution in [3.05, 3.63) is 60.5 Å². The van der Waals surface area contributed by atoms with Crippen LogP contribution in [0.5, 0.6) is 5.88 Å². The van der Waals surface area contributed by atoms with Crippen LogP contribution in [0, 0.1) is 0 Å². The van der Waals surface area contributed by atoms with Gasteiger partial charge in [-0.3, -0.25) is 4.79 Å². The van der Waals surface area contributed by atoms with Crippen molar-refractivity contribution in [3.63, 3.8) is 0 Å². The van der Waals surface area contributed by atoms with E-state index in [2.05, 4.69) is 35.1 Å². The third kappa shape index (κ3) is 8.66. The van der Waals surface area contributed by atoms with Crippen molar-refractivity contribution in [2.45, 2.75) is 57.7 Å². The Hall–Kier alpha value is -3.77. The summed E-state index contributed by atoms with van der Waals surface area (Å²) >= 11 is 0. The SMILES string of the molecule is COc1ncccc1-c1cn(COCC[Si](C)(C)C)c(C(CC=CCCC(=O)c2ccon2)NC(=O)O)n1. The van der Waals surface area contributed by atoms with Crippen LogP contribution in [0.3, 0.4) is 0 Å². The van der Waals surface area contributed by atoms with Crippen LogP contribution in [0.2, 0.25) is 25.7 Å². The van der Waals surface area contributed by atoms with Crippen molar-refractivity contribution < 1.29 is 28.7 Å². The average molecular weight is 542 g/mol. The molecule has 3 rings (SSSR count). The van der Waals surface area contributed by atoms with Gasteiger partial charge < -0.3 is 29.0 Å². The van der Waals surface area contributed by atoms with Gasteiger partial charge in [0.1, 0.15) is 24.5 Å². The average Bonchev–Trinajstić information content (AvgIpc) is 3.55. The summed E-state index contributed by atoms with van der Waals surface area (Å²) in [5.74, 6) is 0.803. The van der Waals surface area contributed by atoms with Crippen LogP contribution < -0.4 is 10.1 Å². The summed E-state index contributed by atoms with van der Waals surface area (Å²) in [4.78, 5) is 32.8. The Bertz CT molecular complexity index is 1220. The molecule has 1 unspecified atom stereocenters. The second-order valence-corrected chi connectivity index (χ2v) is 15.5. The molecule has 3 heterocycles. The summed E-state index contributed by atoms with van der Waals surface area (Å²) < 4.78 is 17.9. The zero-order chi connectivity index (χ0) is 27.5. The number of rotatable bonds is 15. The lowest BCUT2D eigenvalue weighted by Gasteiger charge is -2.18. The van der Waals surface area contributed by atoms with Crippen LogP contribution >= 0.6 is 0 Å². The number of nitrogens with zero attached hydrogens (tertiary/aromatic N) is 4. The van der Waals surface area contributed by atoms with Gasteiger partial charge in [-0.1, -0.05) is 36.9 Å². The van der Waals surface area contributed by atoms with Gasteiger partial charge in [-0.15, -0.1) is 0 Å². The van der Waals surface area contributed by atoms with Crippen LogP contribution in [-0.2, 0) is 11.5 Å². The van der Waals surface area contributed by atoms with Crippen molar-refractivity contribution in [2.75, 3.05) is 13.7 Å². The van der Waals surface area contributed by atoms with E-state index in [0.717, 1.165) is 6.04 Å². The molecule has 38 heavy (non-hydrogen) atoms. The molecule has 0 fully saturated rings. The molecule has 0 aliphatic carbocycles. The van der Waals surface area contributed by atoms with E-state index in [9.17, 15) is 14.7 Å². The molecule has 204 valence electrons. The molecule has 0 radical (unpaired) electrons. The summed E-state index contributed by atoms with van der Waals surface area (Å²) in [6.45, 7) is 7.68. The molecule has 0 saturated heterocycles. The minimum Gasteiger partial charge on any atom is -0.481 e. The Labute approximate surface area is 222 Å². The van der Waals surface area contributed by atoms with Gasteiger partial charge in [0.25, 0.3) is 0 Å². The molecular formula is C26H35N5O6Si. The first-order valence-corrected chi connectivity index (χ1v) is 16.1. The lowest BCUT2D eigenvalue weighted by atomic mass is 10.1. The number of ether oxygens (including phenoxy) is 2. The molecular weight excluding hydrogens is 506 g/mol. The predicted molar refractivity (Wildman–Crippen MR) is 144 cm³/mol. The van der Waals surface area contributed by atoms with E-state index in [1.807, 2.05) is 29.0 Å². The van der Waals surface area contributed by atoms with Crippen LogP contribution in [0.1, 0.15) is 41.6 Å². The molecule has 0 aliphatic rings.